The SMILES string of the molecule is COc1cccc(S(=O)(=O)N2CC(Cn3ccc4cc(-c5cn[nH]c5)ccc43)CC2(C)C)c1. The molecule has 172 valence electrons. The number of ether oxygens (including phenoxy) is 1. The highest BCUT2D eigenvalue weighted by molar-refractivity contribution is 7.89. The van der Waals surface area contributed by atoms with E-state index in [1.807, 2.05) is 26.2 Å². The maximum Gasteiger partial charge on any atom is 0.243 e. The summed E-state index contributed by atoms with van der Waals surface area (Å²) in [5.41, 5.74) is 2.85. The fourth-order valence-corrected chi connectivity index (χ4v) is 6.92. The lowest BCUT2D eigenvalue weighted by molar-refractivity contribution is 0.291. The van der Waals surface area contributed by atoms with Gasteiger partial charge in [-0.2, -0.15) is 9.40 Å². The molecule has 0 saturated carbocycles. The van der Waals surface area contributed by atoms with E-state index in [4.69, 9.17) is 4.74 Å². The molecule has 1 N–H and O–H groups in total. The third-order valence-electron chi connectivity index (χ3n) is 6.57. The number of rotatable bonds is 6. The number of nitrogens with zero attached hydrogens (tertiary/aromatic N) is 3. The van der Waals surface area contributed by atoms with Gasteiger partial charge in [0.05, 0.1) is 18.2 Å². The number of nitrogens with one attached hydrogen (secondary N) is 1. The molecule has 1 unspecified atom stereocenters. The molecule has 5 rings (SSSR count). The van der Waals surface area contributed by atoms with Crippen molar-refractivity contribution in [3.05, 3.63) is 67.1 Å². The third-order valence-corrected chi connectivity index (χ3v) is 8.65. The lowest BCUT2D eigenvalue weighted by Gasteiger charge is -2.30. The first-order valence-electron chi connectivity index (χ1n) is 11.0. The molecule has 2 aromatic carbocycles. The molecule has 1 aliphatic heterocycles. The molecular weight excluding hydrogens is 436 g/mol. The fraction of sp³-hybridized carbons (Fsp3) is 0.320. The quantitative estimate of drug-likeness (QED) is 0.455. The monoisotopic (exact) mass is 464 g/mol. The molecule has 0 spiro atoms. The van der Waals surface area contributed by atoms with Crippen molar-refractivity contribution in [1.82, 2.24) is 19.1 Å². The summed E-state index contributed by atoms with van der Waals surface area (Å²) in [5.74, 6) is 0.753. The van der Waals surface area contributed by atoms with Crippen molar-refractivity contribution in [2.45, 2.75) is 37.2 Å². The first kappa shape index (κ1) is 21.7. The van der Waals surface area contributed by atoms with Gasteiger partial charge >= 0.3 is 0 Å². The minimum absolute atomic E-state index is 0.213. The molecule has 3 heterocycles. The van der Waals surface area contributed by atoms with Crippen molar-refractivity contribution in [1.29, 1.82) is 0 Å². The van der Waals surface area contributed by atoms with Gasteiger partial charge in [-0.3, -0.25) is 5.10 Å². The molecule has 1 aliphatic rings. The predicted octanol–water partition coefficient (Wildman–Crippen LogP) is 4.53. The van der Waals surface area contributed by atoms with Crippen LogP contribution >= 0.6 is 0 Å². The van der Waals surface area contributed by atoms with Crippen LogP contribution in [0.3, 0.4) is 0 Å². The zero-order chi connectivity index (χ0) is 23.2. The fourth-order valence-electron chi connectivity index (χ4n) is 5.01. The van der Waals surface area contributed by atoms with Crippen LogP contribution in [-0.4, -0.2) is 46.7 Å². The molecule has 1 fully saturated rings. The Morgan fingerprint density at radius 1 is 1.15 bits per heavy atom. The minimum Gasteiger partial charge on any atom is -0.497 e. The highest BCUT2D eigenvalue weighted by Gasteiger charge is 2.45. The van der Waals surface area contributed by atoms with Gasteiger partial charge in [0.15, 0.2) is 0 Å². The summed E-state index contributed by atoms with van der Waals surface area (Å²) in [7, 11) is -2.09. The highest BCUT2D eigenvalue weighted by atomic mass is 32.2. The Labute approximate surface area is 194 Å². The van der Waals surface area contributed by atoms with Crippen LogP contribution in [0.4, 0.5) is 0 Å². The van der Waals surface area contributed by atoms with Gasteiger partial charge < -0.3 is 9.30 Å². The summed E-state index contributed by atoms with van der Waals surface area (Å²) >= 11 is 0. The van der Waals surface area contributed by atoms with Crippen molar-refractivity contribution in [2.24, 2.45) is 5.92 Å². The molecule has 4 aromatic rings. The van der Waals surface area contributed by atoms with E-state index in [2.05, 4.69) is 45.2 Å². The number of fused-ring (bicyclic) bond motifs is 1. The predicted molar refractivity (Wildman–Crippen MR) is 129 cm³/mol. The molecular formula is C25H28N4O3S. The van der Waals surface area contributed by atoms with E-state index < -0.39 is 15.6 Å². The van der Waals surface area contributed by atoms with Crippen molar-refractivity contribution in [2.75, 3.05) is 13.7 Å². The maximum absolute atomic E-state index is 13.5. The highest BCUT2D eigenvalue weighted by Crippen LogP contribution is 2.39. The second kappa shape index (κ2) is 8.04. The third kappa shape index (κ3) is 3.94. The zero-order valence-electron chi connectivity index (χ0n) is 19.0. The second-order valence-electron chi connectivity index (χ2n) is 9.33. The normalized spacial score (nSPS) is 18.7. The number of sulfonamides is 1. The molecule has 7 nitrogen and oxygen atoms in total. The zero-order valence-corrected chi connectivity index (χ0v) is 19.8. The molecule has 1 saturated heterocycles. The Hall–Kier alpha value is -3.10. The number of benzene rings is 2. The summed E-state index contributed by atoms with van der Waals surface area (Å²) in [5, 5.41) is 8.05. The van der Waals surface area contributed by atoms with Crippen LogP contribution in [0.2, 0.25) is 0 Å². The van der Waals surface area contributed by atoms with Gasteiger partial charge in [0, 0.05) is 53.6 Å². The van der Waals surface area contributed by atoms with Crippen molar-refractivity contribution < 1.29 is 13.2 Å². The van der Waals surface area contributed by atoms with E-state index in [-0.39, 0.29) is 10.8 Å². The van der Waals surface area contributed by atoms with Gasteiger partial charge in [0.2, 0.25) is 10.0 Å². The Kier molecular flexibility index (Phi) is 5.29. The largest absolute Gasteiger partial charge is 0.497 e. The summed E-state index contributed by atoms with van der Waals surface area (Å²) in [4.78, 5) is 0.272. The Balaban J connectivity index is 1.39. The first-order chi connectivity index (χ1) is 15.8. The average molecular weight is 465 g/mol. The lowest BCUT2D eigenvalue weighted by Crippen LogP contribution is -2.42. The second-order valence-corrected chi connectivity index (χ2v) is 11.2. The number of H-pyrrole nitrogens is 1. The summed E-state index contributed by atoms with van der Waals surface area (Å²) in [6, 6.07) is 15.2. The maximum atomic E-state index is 13.5. The van der Waals surface area contributed by atoms with Crippen LogP contribution in [0.15, 0.2) is 72.0 Å². The Morgan fingerprint density at radius 3 is 2.76 bits per heavy atom. The Bertz CT molecular complexity index is 1390. The summed E-state index contributed by atoms with van der Waals surface area (Å²) in [6.45, 7) is 5.27. The van der Waals surface area contributed by atoms with Crippen LogP contribution in [0, 0.1) is 5.92 Å². The number of aromatic amines is 1. The van der Waals surface area contributed by atoms with E-state index in [1.165, 1.54) is 0 Å². The van der Waals surface area contributed by atoms with Gasteiger partial charge in [0.25, 0.3) is 0 Å². The minimum atomic E-state index is -3.63. The molecule has 0 aliphatic carbocycles. The number of aromatic nitrogens is 3. The molecule has 0 amide bonds. The van der Waals surface area contributed by atoms with Crippen LogP contribution in [0.1, 0.15) is 20.3 Å². The molecule has 8 heteroatoms. The van der Waals surface area contributed by atoms with Crippen molar-refractivity contribution in [3.63, 3.8) is 0 Å². The van der Waals surface area contributed by atoms with E-state index in [0.717, 1.165) is 35.0 Å². The van der Waals surface area contributed by atoms with Crippen LogP contribution in [-0.2, 0) is 16.6 Å². The number of hydrogen-bond donors (Lipinski definition) is 1. The van der Waals surface area contributed by atoms with E-state index in [9.17, 15) is 8.42 Å². The first-order valence-corrected chi connectivity index (χ1v) is 12.5. The van der Waals surface area contributed by atoms with Crippen LogP contribution in [0.5, 0.6) is 5.75 Å². The van der Waals surface area contributed by atoms with Crippen molar-refractivity contribution >= 4 is 20.9 Å². The summed E-state index contributed by atoms with van der Waals surface area (Å²) < 4.78 is 36.1. The summed E-state index contributed by atoms with van der Waals surface area (Å²) in [6.07, 6.45) is 6.59. The topological polar surface area (TPSA) is 80.2 Å². The van der Waals surface area contributed by atoms with Gasteiger partial charge in [-0.05, 0) is 62.1 Å². The molecule has 33 heavy (non-hydrogen) atoms. The van der Waals surface area contributed by atoms with Crippen molar-refractivity contribution in [3.8, 4) is 16.9 Å². The smallest absolute Gasteiger partial charge is 0.243 e. The van der Waals surface area contributed by atoms with E-state index >= 15 is 0 Å². The number of hydrogen-bond acceptors (Lipinski definition) is 4. The standard InChI is InChI=1S/C25H28N4O3S/c1-25(2)13-18(17-29(25)33(30,31)23-6-4-5-22(12-23)32-3)16-28-10-9-20-11-19(7-8-24(20)28)21-14-26-27-15-21/h4-12,14-15,18H,13,16-17H2,1-3H3,(H,26,27). The molecule has 1 atom stereocenters. The van der Waals surface area contributed by atoms with E-state index in [0.29, 0.717) is 12.3 Å². The van der Waals surface area contributed by atoms with Gasteiger partial charge in [-0.15, -0.1) is 0 Å². The van der Waals surface area contributed by atoms with Gasteiger partial charge in [0.1, 0.15) is 5.75 Å². The van der Waals surface area contributed by atoms with Crippen LogP contribution in [0.25, 0.3) is 22.0 Å². The van der Waals surface area contributed by atoms with E-state index in [1.54, 1.807) is 35.7 Å². The van der Waals surface area contributed by atoms with Gasteiger partial charge in [-0.25, -0.2) is 8.42 Å². The molecule has 0 radical (unpaired) electrons. The Morgan fingerprint density at radius 2 is 2.00 bits per heavy atom. The molecule has 0 bridgehead atoms. The lowest BCUT2D eigenvalue weighted by atomic mass is 9.97. The number of methoxy groups -OCH3 is 1. The average Bonchev–Trinajstić information content (AvgIpc) is 3.53. The van der Waals surface area contributed by atoms with Gasteiger partial charge in [-0.1, -0.05) is 12.1 Å². The van der Waals surface area contributed by atoms with Crippen LogP contribution < -0.4 is 4.74 Å². The molecule has 2 aromatic heterocycles.